The van der Waals surface area contributed by atoms with E-state index in [1.807, 2.05) is 41.8 Å². The number of benzene rings is 1. The number of carboxylic acids is 1. The quantitative estimate of drug-likeness (QED) is 0.699. The first-order valence-electron chi connectivity index (χ1n) is 6.69. The van der Waals surface area contributed by atoms with Crippen LogP contribution >= 0.6 is 11.6 Å². The lowest BCUT2D eigenvalue weighted by Crippen LogP contribution is -2.18. The zero-order chi connectivity index (χ0) is 15.7. The van der Waals surface area contributed by atoms with Crippen LogP contribution in [0, 0.1) is 6.92 Å². The van der Waals surface area contributed by atoms with Crippen molar-refractivity contribution in [2.75, 3.05) is 0 Å². The van der Waals surface area contributed by atoms with Gasteiger partial charge in [-0.05, 0) is 42.8 Å². The molecule has 0 spiro atoms. The van der Waals surface area contributed by atoms with Gasteiger partial charge in [0.05, 0.1) is 17.4 Å². The highest BCUT2D eigenvalue weighted by atomic mass is 35.5. The summed E-state index contributed by atoms with van der Waals surface area (Å²) in [6.07, 6.45) is 4.35. The van der Waals surface area contributed by atoms with E-state index in [4.69, 9.17) is 11.6 Å². The Balaban J connectivity index is 2.28. The third-order valence-electron chi connectivity index (χ3n) is 3.38. The molecule has 0 saturated heterocycles. The van der Waals surface area contributed by atoms with Crippen molar-refractivity contribution in [2.24, 2.45) is 0 Å². The molecule has 0 N–H and O–H groups in total. The van der Waals surface area contributed by atoms with Crippen LogP contribution in [-0.4, -0.2) is 15.4 Å². The molecule has 0 aliphatic rings. The van der Waals surface area contributed by atoms with Crippen molar-refractivity contribution in [1.82, 2.24) is 9.38 Å². The maximum atomic E-state index is 10.7. The third-order valence-corrected chi connectivity index (χ3v) is 3.63. The van der Waals surface area contributed by atoms with Crippen molar-refractivity contribution >= 4 is 29.3 Å². The average molecular weight is 312 g/mol. The number of aromatic nitrogens is 2. The van der Waals surface area contributed by atoms with Crippen molar-refractivity contribution in [3.8, 4) is 11.3 Å². The molecule has 0 unspecified atom stereocenters. The lowest BCUT2D eigenvalue weighted by atomic mass is 10.1. The number of halogens is 1. The predicted octanol–water partition coefficient (Wildman–Crippen LogP) is 2.73. The molecule has 5 heteroatoms. The maximum absolute atomic E-state index is 10.7. The van der Waals surface area contributed by atoms with Crippen LogP contribution in [0.5, 0.6) is 0 Å². The van der Waals surface area contributed by atoms with Gasteiger partial charge in [0, 0.05) is 16.8 Å². The van der Waals surface area contributed by atoms with E-state index in [0.29, 0.717) is 16.4 Å². The molecule has 2 heterocycles. The van der Waals surface area contributed by atoms with Crippen LogP contribution in [0.1, 0.15) is 11.3 Å². The summed E-state index contributed by atoms with van der Waals surface area (Å²) < 4.78 is 1.86. The van der Waals surface area contributed by atoms with Crippen LogP contribution in [0.15, 0.2) is 48.7 Å². The van der Waals surface area contributed by atoms with E-state index in [2.05, 4.69) is 4.98 Å². The summed E-state index contributed by atoms with van der Waals surface area (Å²) in [6.45, 7) is 1.96. The van der Waals surface area contributed by atoms with Gasteiger partial charge in [0.15, 0.2) is 0 Å². The van der Waals surface area contributed by atoms with Crippen LogP contribution in [0.2, 0.25) is 5.02 Å². The minimum Gasteiger partial charge on any atom is -0.545 e. The van der Waals surface area contributed by atoms with Gasteiger partial charge in [-0.1, -0.05) is 29.8 Å². The van der Waals surface area contributed by atoms with E-state index in [9.17, 15) is 9.90 Å². The molecule has 0 radical (unpaired) electrons. The molecule has 110 valence electrons. The summed E-state index contributed by atoms with van der Waals surface area (Å²) in [5.41, 5.74) is 4.04. The first kappa shape index (κ1) is 14.4. The number of hydrogen-bond acceptors (Lipinski definition) is 3. The Kier molecular flexibility index (Phi) is 3.69. The number of carboxylic acid groups (broad SMARTS) is 1. The number of carbonyl (C=O) groups excluding carboxylic acids is 1. The molecule has 0 atom stereocenters. The van der Waals surface area contributed by atoms with E-state index in [1.54, 1.807) is 12.1 Å². The Morgan fingerprint density at radius 1 is 1.27 bits per heavy atom. The van der Waals surface area contributed by atoms with Gasteiger partial charge in [0.25, 0.3) is 0 Å². The second-order valence-electron chi connectivity index (χ2n) is 4.89. The fourth-order valence-corrected chi connectivity index (χ4v) is 2.47. The summed E-state index contributed by atoms with van der Waals surface area (Å²) in [5.74, 6) is -1.25. The Hall–Kier alpha value is -2.59. The molecular weight excluding hydrogens is 300 g/mol. The molecule has 4 nitrogen and oxygen atoms in total. The number of pyridine rings is 1. The molecule has 2 aromatic heterocycles. The van der Waals surface area contributed by atoms with E-state index in [0.717, 1.165) is 22.9 Å². The van der Waals surface area contributed by atoms with Gasteiger partial charge in [0.2, 0.25) is 0 Å². The van der Waals surface area contributed by atoms with Gasteiger partial charge in [-0.15, -0.1) is 0 Å². The SMILES string of the molecule is Cc1cccn2c(/C=C/C(=O)[O-])c(-c3ccc(Cl)cc3)nc12. The molecule has 22 heavy (non-hydrogen) atoms. The van der Waals surface area contributed by atoms with Gasteiger partial charge in [-0.2, -0.15) is 0 Å². The van der Waals surface area contributed by atoms with E-state index in [1.165, 1.54) is 6.08 Å². The number of imidazole rings is 1. The molecule has 0 fully saturated rings. The van der Waals surface area contributed by atoms with Gasteiger partial charge < -0.3 is 9.90 Å². The summed E-state index contributed by atoms with van der Waals surface area (Å²) in [7, 11) is 0. The van der Waals surface area contributed by atoms with Gasteiger partial charge in [-0.25, -0.2) is 4.98 Å². The van der Waals surface area contributed by atoms with Crippen molar-refractivity contribution in [3.05, 3.63) is 65.0 Å². The summed E-state index contributed by atoms with van der Waals surface area (Å²) in [6, 6.07) is 11.1. The minimum atomic E-state index is -1.25. The molecule has 0 amide bonds. The topological polar surface area (TPSA) is 57.4 Å². The lowest BCUT2D eigenvalue weighted by molar-refractivity contribution is -0.297. The first-order chi connectivity index (χ1) is 10.6. The number of rotatable bonds is 3. The average Bonchev–Trinajstić information content (AvgIpc) is 2.86. The zero-order valence-corrected chi connectivity index (χ0v) is 12.5. The molecule has 0 aliphatic heterocycles. The van der Waals surface area contributed by atoms with Gasteiger partial charge in [0.1, 0.15) is 5.65 Å². The lowest BCUT2D eigenvalue weighted by Gasteiger charge is -2.02. The number of aliphatic carboxylic acids is 1. The monoisotopic (exact) mass is 311 g/mol. The second-order valence-corrected chi connectivity index (χ2v) is 5.33. The Morgan fingerprint density at radius 2 is 2.00 bits per heavy atom. The highest BCUT2D eigenvalue weighted by molar-refractivity contribution is 6.30. The number of carbonyl (C=O) groups is 1. The third kappa shape index (κ3) is 2.61. The highest BCUT2D eigenvalue weighted by Gasteiger charge is 2.13. The van der Waals surface area contributed by atoms with Crippen LogP contribution in [-0.2, 0) is 4.79 Å². The van der Waals surface area contributed by atoms with Crippen molar-refractivity contribution in [2.45, 2.75) is 6.92 Å². The summed E-state index contributed by atoms with van der Waals surface area (Å²) in [4.78, 5) is 15.4. The number of fused-ring (bicyclic) bond motifs is 1. The number of aryl methyl sites for hydroxylation is 1. The zero-order valence-electron chi connectivity index (χ0n) is 11.8. The highest BCUT2D eigenvalue weighted by Crippen LogP contribution is 2.27. The molecule has 0 saturated carbocycles. The molecule has 0 aliphatic carbocycles. The number of hydrogen-bond donors (Lipinski definition) is 0. The molecule has 3 rings (SSSR count). The fraction of sp³-hybridized carbons (Fsp3) is 0.0588. The predicted molar refractivity (Wildman–Crippen MR) is 84.4 cm³/mol. The summed E-state index contributed by atoms with van der Waals surface area (Å²) in [5, 5.41) is 11.4. The van der Waals surface area contributed by atoms with E-state index < -0.39 is 5.97 Å². The van der Waals surface area contributed by atoms with Crippen LogP contribution in [0.25, 0.3) is 23.0 Å². The van der Waals surface area contributed by atoms with E-state index >= 15 is 0 Å². The summed E-state index contributed by atoms with van der Waals surface area (Å²) >= 11 is 5.92. The van der Waals surface area contributed by atoms with Crippen molar-refractivity contribution in [1.29, 1.82) is 0 Å². The van der Waals surface area contributed by atoms with Gasteiger partial charge in [-0.3, -0.25) is 4.40 Å². The largest absolute Gasteiger partial charge is 0.545 e. The molecular formula is C17H12ClN2O2-. The van der Waals surface area contributed by atoms with Crippen LogP contribution < -0.4 is 5.11 Å². The first-order valence-corrected chi connectivity index (χ1v) is 7.07. The Bertz CT molecular complexity index is 880. The van der Waals surface area contributed by atoms with Crippen molar-refractivity contribution in [3.63, 3.8) is 0 Å². The van der Waals surface area contributed by atoms with Crippen molar-refractivity contribution < 1.29 is 9.90 Å². The van der Waals surface area contributed by atoms with Crippen LogP contribution in [0.3, 0.4) is 0 Å². The fourth-order valence-electron chi connectivity index (χ4n) is 2.35. The normalized spacial score (nSPS) is 11.4. The molecule has 1 aromatic carbocycles. The van der Waals surface area contributed by atoms with E-state index in [-0.39, 0.29) is 0 Å². The smallest absolute Gasteiger partial charge is 0.140 e. The standard InChI is InChI=1S/C17H13ClN2O2/c1-11-3-2-10-20-14(8-9-15(21)22)16(19-17(11)20)12-4-6-13(18)7-5-12/h2-10H,1H3,(H,21,22)/p-1/b9-8+. The Morgan fingerprint density at radius 3 is 2.68 bits per heavy atom. The van der Waals surface area contributed by atoms with Crippen LogP contribution in [0.4, 0.5) is 0 Å². The Labute approximate surface area is 132 Å². The second kappa shape index (κ2) is 5.66. The number of nitrogens with zero attached hydrogens (tertiary/aromatic N) is 2. The van der Waals surface area contributed by atoms with Gasteiger partial charge >= 0.3 is 0 Å². The molecule has 3 aromatic rings. The molecule has 0 bridgehead atoms. The maximum Gasteiger partial charge on any atom is 0.140 e. The minimum absolute atomic E-state index is 0.635.